The Morgan fingerprint density at radius 2 is 2.07 bits per heavy atom. The fourth-order valence-corrected chi connectivity index (χ4v) is 1.49. The van der Waals surface area contributed by atoms with Gasteiger partial charge in [-0.3, -0.25) is 0 Å². The first-order valence-corrected chi connectivity index (χ1v) is 4.21. The molecule has 0 aliphatic heterocycles. The molecule has 1 aliphatic rings. The summed E-state index contributed by atoms with van der Waals surface area (Å²) in [6.07, 6.45) is -2.92. The highest BCUT2D eigenvalue weighted by atomic mass is 19.4. The van der Waals surface area contributed by atoms with Crippen LogP contribution in [0.4, 0.5) is 13.2 Å². The summed E-state index contributed by atoms with van der Waals surface area (Å²) in [6.45, 7) is 1.62. The van der Waals surface area contributed by atoms with Crippen LogP contribution in [-0.4, -0.2) is 11.2 Å². The summed E-state index contributed by atoms with van der Waals surface area (Å²) in [5, 5.41) is 0. The molecular formula is C9H8F3NO. The van der Waals surface area contributed by atoms with Crippen molar-refractivity contribution in [3.8, 4) is 0 Å². The molecule has 0 spiro atoms. The van der Waals surface area contributed by atoms with Gasteiger partial charge in [-0.05, 0) is 12.5 Å². The van der Waals surface area contributed by atoms with Gasteiger partial charge in [0.1, 0.15) is 11.5 Å². The zero-order valence-electron chi connectivity index (χ0n) is 7.48. The van der Waals surface area contributed by atoms with Gasteiger partial charge in [-0.2, -0.15) is 13.2 Å². The van der Waals surface area contributed by atoms with Gasteiger partial charge in [-0.1, -0.05) is 0 Å². The van der Waals surface area contributed by atoms with Gasteiger partial charge in [0, 0.05) is 18.9 Å². The Balaban J connectivity index is 2.40. The van der Waals surface area contributed by atoms with Crippen molar-refractivity contribution in [1.29, 1.82) is 0 Å². The summed E-state index contributed by atoms with van der Waals surface area (Å²) in [5.74, 6) is 0.963. The highest BCUT2D eigenvalue weighted by molar-refractivity contribution is 5.55. The Morgan fingerprint density at radius 3 is 2.71 bits per heavy atom. The summed E-state index contributed by atoms with van der Waals surface area (Å²) in [7, 11) is 0. The number of fused-ring (bicyclic) bond motifs is 1. The molecule has 0 saturated heterocycles. The monoisotopic (exact) mass is 203 g/mol. The number of nitrogens with zero attached hydrogens (tertiary/aromatic N) is 1. The molecule has 0 radical (unpaired) electrons. The maximum absolute atomic E-state index is 12.3. The van der Waals surface area contributed by atoms with Crippen LogP contribution in [0.3, 0.4) is 0 Å². The second-order valence-corrected chi connectivity index (χ2v) is 3.21. The van der Waals surface area contributed by atoms with Gasteiger partial charge in [0.2, 0.25) is 0 Å². The summed E-state index contributed by atoms with van der Waals surface area (Å²) in [6, 6.07) is 0. The van der Waals surface area contributed by atoms with E-state index in [-0.39, 0.29) is 12.8 Å². The summed E-state index contributed by atoms with van der Waals surface area (Å²) in [4.78, 5) is 3.87. The molecule has 5 heteroatoms. The lowest BCUT2D eigenvalue weighted by atomic mass is 10.0. The van der Waals surface area contributed by atoms with Crippen molar-refractivity contribution in [2.75, 3.05) is 0 Å². The van der Waals surface area contributed by atoms with Crippen LogP contribution in [-0.2, 0) is 6.42 Å². The Kier molecular flexibility index (Phi) is 1.90. The molecule has 0 atom stereocenters. The topological polar surface area (TPSA) is 26.0 Å². The summed E-state index contributed by atoms with van der Waals surface area (Å²) >= 11 is 0. The van der Waals surface area contributed by atoms with Crippen molar-refractivity contribution in [3.05, 3.63) is 22.9 Å². The summed E-state index contributed by atoms with van der Waals surface area (Å²) < 4.78 is 42.1. The smallest absolute Gasteiger partial charge is 0.412 e. The lowest BCUT2D eigenvalue weighted by molar-refractivity contribution is -0.0932. The minimum atomic E-state index is -4.25. The Morgan fingerprint density at radius 1 is 1.36 bits per heavy atom. The molecule has 0 fully saturated rings. The number of rotatable bonds is 0. The predicted molar refractivity (Wildman–Crippen MR) is 43.6 cm³/mol. The maximum Gasteiger partial charge on any atom is 0.412 e. The first-order valence-electron chi connectivity index (χ1n) is 4.21. The molecule has 0 N–H and O–H groups in total. The largest absolute Gasteiger partial charge is 0.445 e. The molecule has 0 bridgehead atoms. The average molecular weight is 203 g/mol. The van der Waals surface area contributed by atoms with Gasteiger partial charge in [0.05, 0.1) is 0 Å². The van der Waals surface area contributed by atoms with Crippen LogP contribution >= 0.6 is 0 Å². The van der Waals surface area contributed by atoms with Gasteiger partial charge in [-0.25, -0.2) is 4.98 Å². The number of allylic oxidation sites excluding steroid dienone is 1. The van der Waals surface area contributed by atoms with Gasteiger partial charge >= 0.3 is 6.18 Å². The van der Waals surface area contributed by atoms with Crippen LogP contribution in [0.15, 0.2) is 9.99 Å². The highest BCUT2D eigenvalue weighted by Crippen LogP contribution is 2.34. The Labute approximate surface area is 78.4 Å². The number of hydrogen-bond donors (Lipinski definition) is 0. The number of aromatic nitrogens is 1. The van der Waals surface area contributed by atoms with Crippen LogP contribution in [0, 0.1) is 6.92 Å². The first-order chi connectivity index (χ1) is 6.47. The summed E-state index contributed by atoms with van der Waals surface area (Å²) in [5.41, 5.74) is -0.209. The van der Waals surface area contributed by atoms with E-state index in [4.69, 9.17) is 4.42 Å². The second kappa shape index (κ2) is 2.87. The number of aryl methyl sites for hydroxylation is 2. The van der Waals surface area contributed by atoms with Gasteiger partial charge in [0.25, 0.3) is 0 Å². The molecule has 1 aromatic heterocycles. The standard InChI is InChI=1S/C9H8F3NO/c1-5-13-7-4-6(9(10,11)12)2-3-8(7)14-5/h4H,2-3H2,1H3. The number of halogens is 3. The molecule has 76 valence electrons. The van der Waals surface area contributed by atoms with Crippen molar-refractivity contribution >= 4 is 6.08 Å². The van der Waals surface area contributed by atoms with E-state index in [1.165, 1.54) is 0 Å². The fraction of sp³-hybridized carbons (Fsp3) is 0.444. The van der Waals surface area contributed by atoms with Crippen LogP contribution in [0.1, 0.15) is 23.8 Å². The SMILES string of the molecule is Cc1nc2c(o1)CCC(C(F)(F)F)=C2. The zero-order chi connectivity index (χ0) is 10.3. The molecule has 0 saturated carbocycles. The quantitative estimate of drug-likeness (QED) is 0.648. The third-order valence-electron chi connectivity index (χ3n) is 2.13. The van der Waals surface area contributed by atoms with Crippen LogP contribution < -0.4 is 0 Å². The molecule has 14 heavy (non-hydrogen) atoms. The first kappa shape index (κ1) is 9.30. The zero-order valence-corrected chi connectivity index (χ0v) is 7.48. The van der Waals surface area contributed by atoms with E-state index in [1.807, 2.05) is 0 Å². The molecule has 2 rings (SSSR count). The Hall–Kier alpha value is -1.26. The molecule has 1 aromatic rings. The lowest BCUT2D eigenvalue weighted by Gasteiger charge is -2.14. The van der Waals surface area contributed by atoms with E-state index >= 15 is 0 Å². The molecule has 0 amide bonds. The average Bonchev–Trinajstić information content (AvgIpc) is 2.41. The van der Waals surface area contributed by atoms with E-state index in [9.17, 15) is 13.2 Å². The molecule has 0 aromatic carbocycles. The maximum atomic E-state index is 12.3. The second-order valence-electron chi connectivity index (χ2n) is 3.21. The molecule has 0 unspecified atom stereocenters. The minimum Gasteiger partial charge on any atom is -0.445 e. The van der Waals surface area contributed by atoms with E-state index in [0.717, 1.165) is 6.08 Å². The van der Waals surface area contributed by atoms with E-state index < -0.39 is 11.7 Å². The van der Waals surface area contributed by atoms with Crippen LogP contribution in [0.2, 0.25) is 0 Å². The van der Waals surface area contributed by atoms with Gasteiger partial charge in [-0.15, -0.1) is 0 Å². The van der Waals surface area contributed by atoms with Crippen molar-refractivity contribution in [1.82, 2.24) is 4.98 Å². The van der Waals surface area contributed by atoms with E-state index in [0.29, 0.717) is 17.3 Å². The van der Waals surface area contributed by atoms with Crippen molar-refractivity contribution in [2.24, 2.45) is 0 Å². The normalized spacial score (nSPS) is 16.4. The van der Waals surface area contributed by atoms with Gasteiger partial charge < -0.3 is 4.42 Å². The van der Waals surface area contributed by atoms with Crippen molar-refractivity contribution in [3.63, 3.8) is 0 Å². The highest BCUT2D eigenvalue weighted by Gasteiger charge is 2.35. The fourth-order valence-electron chi connectivity index (χ4n) is 1.49. The number of alkyl halides is 3. The molecule has 1 heterocycles. The van der Waals surface area contributed by atoms with Crippen LogP contribution in [0.5, 0.6) is 0 Å². The third kappa shape index (κ3) is 1.54. The minimum absolute atomic E-state index is 0.0227. The van der Waals surface area contributed by atoms with E-state index in [1.54, 1.807) is 6.92 Å². The Bertz CT molecular complexity index is 389. The molecular weight excluding hydrogens is 195 g/mol. The van der Waals surface area contributed by atoms with E-state index in [2.05, 4.69) is 4.98 Å². The molecule has 2 nitrogen and oxygen atoms in total. The van der Waals surface area contributed by atoms with Crippen molar-refractivity contribution < 1.29 is 17.6 Å². The number of hydrogen-bond acceptors (Lipinski definition) is 2. The van der Waals surface area contributed by atoms with Crippen molar-refractivity contribution in [2.45, 2.75) is 25.9 Å². The predicted octanol–water partition coefficient (Wildman–Crippen LogP) is 2.87. The van der Waals surface area contributed by atoms with Gasteiger partial charge in [0.15, 0.2) is 5.89 Å². The number of oxazole rings is 1. The molecule has 1 aliphatic carbocycles. The van der Waals surface area contributed by atoms with Crippen LogP contribution in [0.25, 0.3) is 6.08 Å². The third-order valence-corrected chi connectivity index (χ3v) is 2.13. The lowest BCUT2D eigenvalue weighted by Crippen LogP contribution is -2.14.